The van der Waals surface area contributed by atoms with Crippen LogP contribution in [0.3, 0.4) is 0 Å². The number of carbonyl (C=O) groups is 2. The molecule has 0 spiro atoms. The highest BCUT2D eigenvalue weighted by Crippen LogP contribution is 2.33. The summed E-state index contributed by atoms with van der Waals surface area (Å²) < 4.78 is 0. The number of para-hydroxylation sites is 1. The smallest absolute Gasteiger partial charge is 0.259 e. The van der Waals surface area contributed by atoms with Crippen molar-refractivity contribution >= 4 is 17.5 Å². The summed E-state index contributed by atoms with van der Waals surface area (Å²) in [6, 6.07) is 16.4. The third-order valence-corrected chi connectivity index (χ3v) is 5.36. The van der Waals surface area contributed by atoms with Gasteiger partial charge in [-0.3, -0.25) is 14.5 Å². The molecule has 5 heteroatoms. The third kappa shape index (κ3) is 4.42. The van der Waals surface area contributed by atoms with E-state index in [1.807, 2.05) is 42.5 Å². The first-order valence-electron chi connectivity index (χ1n) is 10.1. The normalized spacial score (nSPS) is 15.5. The maximum atomic E-state index is 13.2. The van der Waals surface area contributed by atoms with Crippen LogP contribution in [0.4, 0.5) is 5.69 Å². The van der Waals surface area contributed by atoms with Crippen LogP contribution in [0, 0.1) is 0 Å². The van der Waals surface area contributed by atoms with Crippen LogP contribution in [-0.2, 0) is 11.2 Å². The summed E-state index contributed by atoms with van der Waals surface area (Å²) in [7, 11) is 0. The van der Waals surface area contributed by atoms with Crippen molar-refractivity contribution in [3.8, 4) is 0 Å². The molecule has 0 unspecified atom stereocenters. The quantitative estimate of drug-likeness (QED) is 0.717. The lowest BCUT2D eigenvalue weighted by Gasteiger charge is -2.25. The van der Waals surface area contributed by atoms with Crippen molar-refractivity contribution in [3.05, 3.63) is 65.7 Å². The van der Waals surface area contributed by atoms with Crippen molar-refractivity contribution in [1.82, 2.24) is 10.2 Å². The van der Waals surface area contributed by atoms with Gasteiger partial charge in [-0.05, 0) is 49.8 Å². The van der Waals surface area contributed by atoms with Crippen LogP contribution in [0.2, 0.25) is 0 Å². The van der Waals surface area contributed by atoms with Crippen LogP contribution in [0.25, 0.3) is 0 Å². The molecule has 2 amide bonds. The molecule has 1 aliphatic rings. The molecule has 0 aliphatic carbocycles. The first-order chi connectivity index (χ1) is 13.7. The van der Waals surface area contributed by atoms with E-state index in [1.165, 1.54) is 0 Å². The topological polar surface area (TPSA) is 52.7 Å². The predicted octanol–water partition coefficient (Wildman–Crippen LogP) is 3.11. The van der Waals surface area contributed by atoms with Gasteiger partial charge >= 0.3 is 0 Å². The molecule has 1 N–H and O–H groups in total. The van der Waals surface area contributed by atoms with Crippen LogP contribution in [0.1, 0.15) is 36.2 Å². The van der Waals surface area contributed by atoms with Crippen LogP contribution in [0.5, 0.6) is 0 Å². The first-order valence-corrected chi connectivity index (χ1v) is 10.1. The SMILES string of the molecule is CCN(CC)CCCNC(=O)[C@H]1Cc2ccccc2N1C(=O)c1ccccc1. The van der Waals surface area contributed by atoms with E-state index in [2.05, 4.69) is 24.1 Å². The van der Waals surface area contributed by atoms with Gasteiger partial charge in [0.2, 0.25) is 5.91 Å². The highest BCUT2D eigenvalue weighted by Gasteiger charge is 2.38. The Morgan fingerprint density at radius 2 is 1.71 bits per heavy atom. The molecule has 1 atom stereocenters. The Morgan fingerprint density at radius 3 is 2.43 bits per heavy atom. The molecule has 0 radical (unpaired) electrons. The number of hydrogen-bond acceptors (Lipinski definition) is 3. The first kappa shape index (κ1) is 20.1. The summed E-state index contributed by atoms with van der Waals surface area (Å²) in [6.07, 6.45) is 1.45. The van der Waals surface area contributed by atoms with Gasteiger partial charge in [-0.25, -0.2) is 0 Å². The fourth-order valence-electron chi connectivity index (χ4n) is 3.74. The molecule has 0 fully saturated rings. The fourth-order valence-corrected chi connectivity index (χ4v) is 3.74. The van der Waals surface area contributed by atoms with Crippen molar-refractivity contribution in [2.45, 2.75) is 32.7 Å². The van der Waals surface area contributed by atoms with E-state index in [4.69, 9.17) is 0 Å². The Kier molecular flexibility index (Phi) is 6.82. The number of nitrogens with one attached hydrogen (secondary N) is 1. The summed E-state index contributed by atoms with van der Waals surface area (Å²) in [5.41, 5.74) is 2.47. The molecule has 2 aromatic rings. The predicted molar refractivity (Wildman–Crippen MR) is 113 cm³/mol. The van der Waals surface area contributed by atoms with Crippen LogP contribution < -0.4 is 10.2 Å². The van der Waals surface area contributed by atoms with E-state index < -0.39 is 6.04 Å². The number of carbonyl (C=O) groups excluding carboxylic acids is 2. The van der Waals surface area contributed by atoms with Crippen molar-refractivity contribution in [3.63, 3.8) is 0 Å². The molecule has 0 saturated carbocycles. The minimum absolute atomic E-state index is 0.0833. The molecule has 0 aromatic heterocycles. The van der Waals surface area contributed by atoms with Crippen LogP contribution in [0.15, 0.2) is 54.6 Å². The molecule has 1 heterocycles. The van der Waals surface area contributed by atoms with Gasteiger partial charge in [0.1, 0.15) is 6.04 Å². The van der Waals surface area contributed by atoms with Crippen molar-refractivity contribution < 1.29 is 9.59 Å². The highest BCUT2D eigenvalue weighted by atomic mass is 16.2. The summed E-state index contributed by atoms with van der Waals surface area (Å²) in [5, 5.41) is 3.04. The van der Waals surface area contributed by atoms with Gasteiger partial charge in [-0.15, -0.1) is 0 Å². The number of hydrogen-bond donors (Lipinski definition) is 1. The Morgan fingerprint density at radius 1 is 1.04 bits per heavy atom. The lowest BCUT2D eigenvalue weighted by molar-refractivity contribution is -0.122. The average molecular weight is 380 g/mol. The number of fused-ring (bicyclic) bond motifs is 1. The number of nitrogens with zero attached hydrogens (tertiary/aromatic N) is 2. The molecule has 1 aliphatic heterocycles. The maximum Gasteiger partial charge on any atom is 0.259 e. The largest absolute Gasteiger partial charge is 0.354 e. The highest BCUT2D eigenvalue weighted by molar-refractivity contribution is 6.11. The van der Waals surface area contributed by atoms with Gasteiger partial charge in [-0.1, -0.05) is 50.2 Å². The summed E-state index contributed by atoms with van der Waals surface area (Å²) in [6.45, 7) is 7.90. The fraction of sp³-hybridized carbons (Fsp3) is 0.391. The lowest BCUT2D eigenvalue weighted by Crippen LogP contribution is -2.48. The number of benzene rings is 2. The standard InChI is InChI=1S/C23H29N3O2/c1-3-25(4-2)16-10-15-24-22(27)21-17-19-13-8-9-14-20(19)26(21)23(28)18-11-6-5-7-12-18/h5-9,11-14,21H,3-4,10,15-17H2,1-2H3,(H,24,27)/t21-/m1/s1. The maximum absolute atomic E-state index is 13.2. The number of anilines is 1. The van der Waals surface area contributed by atoms with Crippen LogP contribution >= 0.6 is 0 Å². The van der Waals surface area contributed by atoms with Gasteiger partial charge in [0.25, 0.3) is 5.91 Å². The van der Waals surface area contributed by atoms with Crippen LogP contribution in [-0.4, -0.2) is 48.9 Å². The van der Waals surface area contributed by atoms with E-state index in [0.717, 1.165) is 37.3 Å². The zero-order valence-electron chi connectivity index (χ0n) is 16.7. The summed E-state index contributed by atoms with van der Waals surface area (Å²) in [4.78, 5) is 30.1. The molecule has 0 bridgehead atoms. The molecule has 0 saturated heterocycles. The zero-order chi connectivity index (χ0) is 19.9. The zero-order valence-corrected chi connectivity index (χ0v) is 16.7. The molecule has 2 aromatic carbocycles. The van der Waals surface area contributed by atoms with Gasteiger partial charge in [-0.2, -0.15) is 0 Å². The molecular weight excluding hydrogens is 350 g/mol. The molecule has 3 rings (SSSR count). The third-order valence-electron chi connectivity index (χ3n) is 5.36. The van der Waals surface area contributed by atoms with Gasteiger partial charge < -0.3 is 10.2 Å². The van der Waals surface area contributed by atoms with E-state index in [0.29, 0.717) is 18.5 Å². The monoisotopic (exact) mass is 379 g/mol. The van der Waals surface area contributed by atoms with E-state index >= 15 is 0 Å². The average Bonchev–Trinajstić information content (AvgIpc) is 3.13. The van der Waals surface area contributed by atoms with Gasteiger partial charge in [0.05, 0.1) is 0 Å². The second-order valence-corrected chi connectivity index (χ2v) is 7.06. The molecule has 28 heavy (non-hydrogen) atoms. The second kappa shape index (κ2) is 9.51. The minimum Gasteiger partial charge on any atom is -0.354 e. The Bertz CT molecular complexity index is 803. The van der Waals surface area contributed by atoms with E-state index in [1.54, 1.807) is 17.0 Å². The van der Waals surface area contributed by atoms with E-state index in [-0.39, 0.29) is 11.8 Å². The summed E-state index contributed by atoms with van der Waals surface area (Å²) in [5.74, 6) is -0.214. The Balaban J connectivity index is 1.70. The lowest BCUT2D eigenvalue weighted by atomic mass is 10.1. The van der Waals surface area contributed by atoms with Crippen molar-refractivity contribution in [2.75, 3.05) is 31.1 Å². The van der Waals surface area contributed by atoms with Gasteiger partial charge in [0, 0.05) is 24.2 Å². The van der Waals surface area contributed by atoms with Crippen molar-refractivity contribution in [2.24, 2.45) is 0 Å². The van der Waals surface area contributed by atoms with Gasteiger partial charge in [0.15, 0.2) is 0 Å². The van der Waals surface area contributed by atoms with E-state index in [9.17, 15) is 9.59 Å². The number of amides is 2. The van der Waals surface area contributed by atoms with Crippen molar-refractivity contribution in [1.29, 1.82) is 0 Å². The number of rotatable bonds is 8. The molecule has 5 nitrogen and oxygen atoms in total. The Labute approximate surface area is 167 Å². The summed E-state index contributed by atoms with van der Waals surface area (Å²) >= 11 is 0. The Hall–Kier alpha value is -2.66. The minimum atomic E-state index is -0.501. The second-order valence-electron chi connectivity index (χ2n) is 7.06. The molecular formula is C23H29N3O2. The molecule has 148 valence electrons.